The number of nitrogens with one attached hydrogen (secondary N) is 2. The van der Waals surface area contributed by atoms with Crippen molar-refractivity contribution >= 4 is 16.6 Å². The molecule has 3 aromatic rings. The first kappa shape index (κ1) is 16.5. The van der Waals surface area contributed by atoms with Crippen molar-refractivity contribution in [2.45, 2.75) is 38.3 Å². The van der Waals surface area contributed by atoms with E-state index in [4.69, 9.17) is 0 Å². The number of likely N-dealkylation sites (tertiary alicyclic amines) is 1. The second kappa shape index (κ2) is 6.82. The van der Waals surface area contributed by atoms with Crippen LogP contribution in [0.3, 0.4) is 0 Å². The summed E-state index contributed by atoms with van der Waals surface area (Å²) in [6.07, 6.45) is 8.99. The largest absolute Gasteiger partial charge is 0.381 e. The molecule has 1 aliphatic heterocycles. The Morgan fingerprint density at radius 3 is 2.78 bits per heavy atom. The molecule has 5 heteroatoms. The Morgan fingerprint density at radius 1 is 1.15 bits per heavy atom. The molecule has 0 atom stereocenters. The number of benzene rings is 1. The lowest BCUT2D eigenvalue weighted by Gasteiger charge is -2.30. The second-order valence-corrected chi connectivity index (χ2v) is 7.79. The standard InChI is InChI=1S/C22H25N5/c1-15(24-19-4-2-5-19)22-20-11-17(6-7-21(20)25-26-22)18-10-16(12-23-13-18)14-27-8-3-9-27/h6-7,10-13,19,24H,1-5,8-9,14H2,(H,25,26). The van der Waals surface area contributed by atoms with E-state index < -0.39 is 0 Å². The van der Waals surface area contributed by atoms with Gasteiger partial charge in [-0.3, -0.25) is 15.0 Å². The number of nitrogens with zero attached hydrogens (tertiary/aromatic N) is 3. The molecule has 2 aliphatic rings. The second-order valence-electron chi connectivity index (χ2n) is 7.79. The SMILES string of the molecule is C=C(NC1CCC1)c1n[nH]c2ccc(-c3cncc(CN4CCC4)c3)cc12. The van der Waals surface area contributed by atoms with Gasteiger partial charge in [0.05, 0.1) is 11.2 Å². The molecule has 5 rings (SSSR count). The number of hydrogen-bond donors (Lipinski definition) is 2. The predicted molar refractivity (Wildman–Crippen MR) is 109 cm³/mol. The minimum Gasteiger partial charge on any atom is -0.381 e. The maximum atomic E-state index is 4.51. The summed E-state index contributed by atoms with van der Waals surface area (Å²) in [6.45, 7) is 7.61. The average Bonchev–Trinajstić information content (AvgIpc) is 3.05. The molecular formula is C22H25N5. The van der Waals surface area contributed by atoms with Crippen molar-refractivity contribution in [3.63, 3.8) is 0 Å². The number of fused-ring (bicyclic) bond motifs is 1. The molecule has 5 nitrogen and oxygen atoms in total. The van der Waals surface area contributed by atoms with Gasteiger partial charge < -0.3 is 5.32 Å². The summed E-state index contributed by atoms with van der Waals surface area (Å²) in [5.41, 5.74) is 6.46. The number of H-pyrrole nitrogens is 1. The quantitative estimate of drug-likeness (QED) is 0.700. The Labute approximate surface area is 159 Å². The lowest BCUT2D eigenvalue weighted by Crippen LogP contribution is -2.36. The molecule has 1 saturated carbocycles. The van der Waals surface area contributed by atoms with E-state index in [0.29, 0.717) is 6.04 Å². The van der Waals surface area contributed by atoms with Gasteiger partial charge in [-0.1, -0.05) is 12.6 Å². The molecule has 0 radical (unpaired) electrons. The van der Waals surface area contributed by atoms with E-state index in [1.807, 2.05) is 12.4 Å². The van der Waals surface area contributed by atoms with Gasteiger partial charge in [0, 0.05) is 35.9 Å². The van der Waals surface area contributed by atoms with Crippen LogP contribution in [0.5, 0.6) is 0 Å². The third kappa shape index (κ3) is 3.23. The number of aromatic amines is 1. The zero-order valence-electron chi connectivity index (χ0n) is 15.5. The normalized spacial score (nSPS) is 17.5. The first-order valence-electron chi connectivity index (χ1n) is 9.87. The molecule has 1 saturated heterocycles. The fourth-order valence-corrected chi connectivity index (χ4v) is 3.82. The summed E-state index contributed by atoms with van der Waals surface area (Å²) >= 11 is 0. The summed E-state index contributed by atoms with van der Waals surface area (Å²) < 4.78 is 0. The van der Waals surface area contributed by atoms with Crippen LogP contribution in [0.25, 0.3) is 27.7 Å². The van der Waals surface area contributed by atoms with Crippen molar-refractivity contribution in [2.24, 2.45) is 0 Å². The molecule has 138 valence electrons. The van der Waals surface area contributed by atoms with Crippen LogP contribution in [0.4, 0.5) is 0 Å². The Morgan fingerprint density at radius 2 is 2.04 bits per heavy atom. The maximum Gasteiger partial charge on any atom is 0.115 e. The van der Waals surface area contributed by atoms with E-state index in [0.717, 1.165) is 34.4 Å². The van der Waals surface area contributed by atoms with Gasteiger partial charge in [-0.25, -0.2) is 0 Å². The van der Waals surface area contributed by atoms with E-state index in [9.17, 15) is 0 Å². The first-order chi connectivity index (χ1) is 13.3. The van der Waals surface area contributed by atoms with E-state index in [-0.39, 0.29) is 0 Å². The molecule has 0 spiro atoms. The van der Waals surface area contributed by atoms with E-state index in [2.05, 4.69) is 56.2 Å². The van der Waals surface area contributed by atoms with Gasteiger partial charge in [-0.05, 0) is 68.1 Å². The lowest BCUT2D eigenvalue weighted by molar-refractivity contribution is 0.172. The van der Waals surface area contributed by atoms with Gasteiger partial charge in [0.1, 0.15) is 5.69 Å². The van der Waals surface area contributed by atoms with Gasteiger partial charge in [0.25, 0.3) is 0 Å². The molecular weight excluding hydrogens is 334 g/mol. The van der Waals surface area contributed by atoms with Crippen molar-refractivity contribution in [3.8, 4) is 11.1 Å². The molecule has 2 fully saturated rings. The molecule has 1 aliphatic carbocycles. The van der Waals surface area contributed by atoms with Gasteiger partial charge in [-0.2, -0.15) is 5.10 Å². The van der Waals surface area contributed by atoms with Crippen LogP contribution in [0.2, 0.25) is 0 Å². The molecule has 1 aromatic carbocycles. The molecule has 2 N–H and O–H groups in total. The molecule has 2 aromatic heterocycles. The number of hydrogen-bond acceptors (Lipinski definition) is 4. The number of rotatable bonds is 6. The van der Waals surface area contributed by atoms with Crippen LogP contribution in [-0.4, -0.2) is 39.2 Å². The van der Waals surface area contributed by atoms with Crippen molar-refractivity contribution in [1.82, 2.24) is 25.4 Å². The summed E-state index contributed by atoms with van der Waals surface area (Å²) in [5.74, 6) is 0. The smallest absolute Gasteiger partial charge is 0.115 e. The number of aromatic nitrogens is 3. The highest BCUT2D eigenvalue weighted by atomic mass is 15.2. The first-order valence-corrected chi connectivity index (χ1v) is 9.87. The van der Waals surface area contributed by atoms with Gasteiger partial charge in [0.15, 0.2) is 0 Å². The fraction of sp³-hybridized carbons (Fsp3) is 0.364. The number of pyridine rings is 1. The minimum atomic E-state index is 0.551. The van der Waals surface area contributed by atoms with Crippen LogP contribution < -0.4 is 5.32 Å². The van der Waals surface area contributed by atoms with E-state index in [1.165, 1.54) is 49.9 Å². The predicted octanol–water partition coefficient (Wildman–Crippen LogP) is 3.94. The zero-order chi connectivity index (χ0) is 18.2. The van der Waals surface area contributed by atoms with Crippen LogP contribution in [0.1, 0.15) is 36.9 Å². The fourth-order valence-electron chi connectivity index (χ4n) is 3.82. The molecule has 0 unspecified atom stereocenters. The Balaban J connectivity index is 1.44. The highest BCUT2D eigenvalue weighted by Gasteiger charge is 2.20. The molecule has 0 bridgehead atoms. The highest BCUT2D eigenvalue weighted by molar-refractivity contribution is 5.92. The highest BCUT2D eigenvalue weighted by Crippen LogP contribution is 2.29. The van der Waals surface area contributed by atoms with Crippen molar-refractivity contribution in [2.75, 3.05) is 13.1 Å². The Bertz CT molecular complexity index is 981. The average molecular weight is 359 g/mol. The minimum absolute atomic E-state index is 0.551. The molecule has 0 amide bonds. The van der Waals surface area contributed by atoms with Crippen LogP contribution in [0.15, 0.2) is 43.2 Å². The van der Waals surface area contributed by atoms with Crippen LogP contribution >= 0.6 is 0 Å². The van der Waals surface area contributed by atoms with Crippen molar-refractivity contribution < 1.29 is 0 Å². The molecule has 27 heavy (non-hydrogen) atoms. The Hall–Kier alpha value is -2.66. The monoisotopic (exact) mass is 359 g/mol. The van der Waals surface area contributed by atoms with E-state index >= 15 is 0 Å². The zero-order valence-corrected chi connectivity index (χ0v) is 15.5. The van der Waals surface area contributed by atoms with Crippen LogP contribution in [0, 0.1) is 0 Å². The van der Waals surface area contributed by atoms with Crippen molar-refractivity contribution in [1.29, 1.82) is 0 Å². The van der Waals surface area contributed by atoms with Crippen LogP contribution in [-0.2, 0) is 6.54 Å². The maximum absolute atomic E-state index is 4.51. The molecule has 3 heterocycles. The summed E-state index contributed by atoms with van der Waals surface area (Å²) in [4.78, 5) is 6.93. The third-order valence-corrected chi connectivity index (χ3v) is 5.82. The van der Waals surface area contributed by atoms with Gasteiger partial charge in [0.2, 0.25) is 0 Å². The summed E-state index contributed by atoms with van der Waals surface area (Å²) in [6, 6.07) is 9.24. The van der Waals surface area contributed by atoms with Crippen molar-refractivity contribution in [3.05, 3.63) is 54.5 Å². The Kier molecular flexibility index (Phi) is 4.17. The summed E-state index contributed by atoms with van der Waals surface area (Å²) in [7, 11) is 0. The van der Waals surface area contributed by atoms with Gasteiger partial charge in [-0.15, -0.1) is 0 Å². The topological polar surface area (TPSA) is 56.8 Å². The third-order valence-electron chi connectivity index (χ3n) is 5.82. The van der Waals surface area contributed by atoms with Gasteiger partial charge >= 0.3 is 0 Å². The van der Waals surface area contributed by atoms with E-state index in [1.54, 1.807) is 0 Å². The summed E-state index contributed by atoms with van der Waals surface area (Å²) in [5, 5.41) is 12.3. The lowest BCUT2D eigenvalue weighted by atomic mass is 9.92.